The van der Waals surface area contributed by atoms with Crippen LogP contribution >= 0.6 is 0 Å². The molecule has 1 aliphatic rings. The van der Waals surface area contributed by atoms with Crippen molar-refractivity contribution in [2.24, 2.45) is 0 Å². The fraction of sp³-hybridized carbons (Fsp3) is 0.0667. The molecule has 0 aliphatic heterocycles. The lowest BCUT2D eigenvalue weighted by Gasteiger charge is -2.19. The molecule has 0 aromatic heterocycles. The van der Waals surface area contributed by atoms with Crippen LogP contribution in [0, 0.1) is 0 Å². The lowest BCUT2D eigenvalue weighted by molar-refractivity contribution is 0.0976. The van der Waals surface area contributed by atoms with Gasteiger partial charge < -0.3 is 0 Å². The summed E-state index contributed by atoms with van der Waals surface area (Å²) in [6.45, 7) is 0. The van der Waals surface area contributed by atoms with Crippen LogP contribution in [0.4, 0.5) is 0 Å². The van der Waals surface area contributed by atoms with Gasteiger partial charge in [0.1, 0.15) is 0 Å². The second kappa shape index (κ2) is 4.77. The highest BCUT2D eigenvalue weighted by molar-refractivity contribution is 7.80. The van der Waals surface area contributed by atoms with Crippen molar-refractivity contribution in [2.45, 2.75) is 4.90 Å². The fourth-order valence-corrected chi connectivity index (χ4v) is 3.08. The van der Waals surface area contributed by atoms with E-state index in [1.165, 1.54) is 13.2 Å². The Morgan fingerprint density at radius 3 is 2.10 bits per heavy atom. The van der Waals surface area contributed by atoms with E-state index >= 15 is 0 Å². The molecular weight excluding hydrogens is 276 g/mol. The number of carbonyl (C=O) groups is 2. The molecule has 4 nitrogen and oxygen atoms in total. The first kappa shape index (κ1) is 12.9. The van der Waals surface area contributed by atoms with Crippen molar-refractivity contribution >= 4 is 22.6 Å². The molecule has 0 spiro atoms. The lowest BCUT2D eigenvalue weighted by Crippen LogP contribution is -2.22. The molecule has 0 amide bonds. The number of hydrogen-bond donors (Lipinski definition) is 0. The van der Waals surface area contributed by atoms with E-state index in [2.05, 4.69) is 0 Å². The quantitative estimate of drug-likeness (QED) is 0.724. The van der Waals surface area contributed by atoms with Crippen LogP contribution in [0.1, 0.15) is 31.8 Å². The van der Waals surface area contributed by atoms with E-state index in [1.807, 2.05) is 0 Å². The average molecular weight is 286 g/mol. The van der Waals surface area contributed by atoms with Crippen LogP contribution in [0.5, 0.6) is 0 Å². The Morgan fingerprint density at radius 2 is 1.45 bits per heavy atom. The molecule has 3 rings (SSSR count). The molecule has 0 fully saturated rings. The number of hydrogen-bond acceptors (Lipinski definition) is 4. The summed E-state index contributed by atoms with van der Waals surface area (Å²) in [6, 6.07) is 11.4. The second-order valence-corrected chi connectivity index (χ2v) is 5.53. The molecule has 0 saturated carbocycles. The maximum atomic E-state index is 12.6. The third-order valence-corrected chi connectivity index (χ3v) is 4.25. The minimum Gasteiger partial charge on any atom is -0.290 e. The van der Waals surface area contributed by atoms with Gasteiger partial charge in [-0.2, -0.15) is 0 Å². The highest BCUT2D eigenvalue weighted by atomic mass is 32.2. The van der Waals surface area contributed by atoms with Crippen LogP contribution in [0.3, 0.4) is 0 Å². The van der Waals surface area contributed by atoms with Gasteiger partial charge in [0.2, 0.25) is 0 Å². The maximum Gasteiger partial charge on any atom is 0.195 e. The molecule has 20 heavy (non-hydrogen) atoms. The molecule has 0 N–H and O–H groups in total. The Labute approximate surface area is 118 Å². The second-order valence-electron chi connectivity index (χ2n) is 4.28. The van der Waals surface area contributed by atoms with Crippen LogP contribution < -0.4 is 0 Å². The summed E-state index contributed by atoms with van der Waals surface area (Å²) in [6.07, 6.45) is 0. The molecule has 2 aromatic rings. The summed E-state index contributed by atoms with van der Waals surface area (Å²) in [5.74, 6) is -0.527. The van der Waals surface area contributed by atoms with Crippen molar-refractivity contribution in [2.75, 3.05) is 7.11 Å². The lowest BCUT2D eigenvalue weighted by atomic mass is 9.84. The average Bonchev–Trinajstić information content (AvgIpc) is 2.51. The topological polar surface area (TPSA) is 60.4 Å². The SMILES string of the molecule is COS(=O)c1cccc2c1C(=O)c1ccccc1C2=O. The zero-order valence-corrected chi connectivity index (χ0v) is 11.4. The molecule has 0 saturated heterocycles. The number of carbonyl (C=O) groups excluding carboxylic acids is 2. The van der Waals surface area contributed by atoms with Crippen molar-refractivity contribution in [1.82, 2.24) is 0 Å². The van der Waals surface area contributed by atoms with Crippen molar-refractivity contribution in [3.05, 3.63) is 64.7 Å². The zero-order chi connectivity index (χ0) is 14.3. The van der Waals surface area contributed by atoms with E-state index in [1.54, 1.807) is 36.4 Å². The molecule has 0 radical (unpaired) electrons. The van der Waals surface area contributed by atoms with Gasteiger partial charge in [-0.05, 0) is 6.07 Å². The largest absolute Gasteiger partial charge is 0.290 e. The van der Waals surface area contributed by atoms with Gasteiger partial charge >= 0.3 is 0 Å². The number of ketones is 2. The fourth-order valence-electron chi connectivity index (χ4n) is 2.34. The van der Waals surface area contributed by atoms with E-state index in [-0.39, 0.29) is 27.6 Å². The van der Waals surface area contributed by atoms with Crippen LogP contribution in [-0.2, 0) is 15.3 Å². The number of rotatable bonds is 2. The van der Waals surface area contributed by atoms with Crippen molar-refractivity contribution in [3.63, 3.8) is 0 Å². The Balaban J connectivity index is 2.31. The zero-order valence-electron chi connectivity index (χ0n) is 10.6. The van der Waals surface area contributed by atoms with Gasteiger partial charge in [0, 0.05) is 16.7 Å². The van der Waals surface area contributed by atoms with Gasteiger partial charge in [0.15, 0.2) is 22.6 Å². The minimum atomic E-state index is -1.77. The summed E-state index contributed by atoms with van der Waals surface area (Å²) < 4.78 is 16.7. The third kappa shape index (κ3) is 1.75. The number of benzene rings is 2. The smallest absolute Gasteiger partial charge is 0.195 e. The predicted octanol–water partition coefficient (Wildman–Crippen LogP) is 2.13. The molecule has 1 aliphatic carbocycles. The van der Waals surface area contributed by atoms with Gasteiger partial charge in [0.25, 0.3) is 0 Å². The third-order valence-electron chi connectivity index (χ3n) is 3.25. The molecule has 1 unspecified atom stereocenters. The van der Waals surface area contributed by atoms with Crippen LogP contribution in [0.15, 0.2) is 47.4 Å². The monoisotopic (exact) mass is 286 g/mol. The Morgan fingerprint density at radius 1 is 0.850 bits per heavy atom. The molecule has 1 atom stereocenters. The molecule has 5 heteroatoms. The first-order valence-electron chi connectivity index (χ1n) is 5.93. The summed E-state index contributed by atoms with van der Waals surface area (Å²) >= 11 is -1.77. The van der Waals surface area contributed by atoms with Crippen molar-refractivity contribution in [3.8, 4) is 0 Å². The van der Waals surface area contributed by atoms with Gasteiger partial charge in [-0.25, -0.2) is 4.21 Å². The maximum absolute atomic E-state index is 12.6. The predicted molar refractivity (Wildman–Crippen MR) is 73.2 cm³/mol. The Hall–Kier alpha value is -2.11. The first-order valence-corrected chi connectivity index (χ1v) is 7.00. The minimum absolute atomic E-state index is 0.177. The number of fused-ring (bicyclic) bond motifs is 2. The van der Waals surface area contributed by atoms with E-state index < -0.39 is 11.1 Å². The van der Waals surface area contributed by atoms with E-state index in [4.69, 9.17) is 4.18 Å². The molecule has 100 valence electrons. The van der Waals surface area contributed by atoms with Gasteiger partial charge in [-0.1, -0.05) is 36.4 Å². The first-order chi connectivity index (χ1) is 9.65. The molecule has 2 aromatic carbocycles. The standard InChI is InChI=1S/C15H10O4S/c1-19-20(18)12-8-4-7-11-13(12)15(17)10-6-3-2-5-9(10)14(11)16/h2-8H,1H3. The van der Waals surface area contributed by atoms with E-state index in [9.17, 15) is 13.8 Å². The Bertz CT molecular complexity index is 764. The summed E-state index contributed by atoms with van der Waals surface area (Å²) in [4.78, 5) is 25.2. The van der Waals surface area contributed by atoms with Crippen molar-refractivity contribution < 1.29 is 18.0 Å². The highest BCUT2D eigenvalue weighted by Crippen LogP contribution is 2.30. The highest BCUT2D eigenvalue weighted by Gasteiger charge is 2.32. The van der Waals surface area contributed by atoms with Crippen molar-refractivity contribution in [1.29, 1.82) is 0 Å². The van der Waals surface area contributed by atoms with Gasteiger partial charge in [-0.15, -0.1) is 0 Å². The summed E-state index contributed by atoms with van der Waals surface area (Å²) in [7, 11) is 1.29. The van der Waals surface area contributed by atoms with E-state index in [0.717, 1.165) is 0 Å². The molecule has 0 heterocycles. The van der Waals surface area contributed by atoms with Crippen LogP contribution in [-0.4, -0.2) is 22.9 Å². The normalized spacial score (nSPS) is 14.7. The van der Waals surface area contributed by atoms with Crippen LogP contribution in [0.2, 0.25) is 0 Å². The molecular formula is C15H10O4S. The van der Waals surface area contributed by atoms with Gasteiger partial charge in [-0.3, -0.25) is 13.8 Å². The van der Waals surface area contributed by atoms with E-state index in [0.29, 0.717) is 11.1 Å². The summed E-state index contributed by atoms with van der Waals surface area (Å²) in [5.41, 5.74) is 1.17. The van der Waals surface area contributed by atoms with Gasteiger partial charge in [0.05, 0.1) is 17.6 Å². The van der Waals surface area contributed by atoms with Crippen LogP contribution in [0.25, 0.3) is 0 Å². The summed E-state index contributed by atoms with van der Waals surface area (Å²) in [5, 5.41) is 0. The molecule has 0 bridgehead atoms. The Kier molecular flexibility index (Phi) is 3.08.